The van der Waals surface area contributed by atoms with Gasteiger partial charge in [-0.1, -0.05) is 18.7 Å². The summed E-state index contributed by atoms with van der Waals surface area (Å²) in [5.41, 5.74) is -1.14. The van der Waals surface area contributed by atoms with Gasteiger partial charge in [0.15, 0.2) is 0 Å². The Bertz CT molecular complexity index is 448. The van der Waals surface area contributed by atoms with E-state index in [1.165, 1.54) is 12.2 Å². The first-order chi connectivity index (χ1) is 9.91. The number of rotatable bonds is 3. The molecule has 0 unspecified atom stereocenters. The number of carbonyl (C=O) groups excluding carboxylic acids is 2. The smallest absolute Gasteiger partial charge is 0.424 e. The summed E-state index contributed by atoms with van der Waals surface area (Å²) >= 11 is 0. The fourth-order valence-corrected chi connectivity index (χ4v) is 1.40. The van der Waals surface area contributed by atoms with Gasteiger partial charge in [0.05, 0.1) is 5.70 Å². The second-order valence-corrected chi connectivity index (χ2v) is 6.62. The van der Waals surface area contributed by atoms with Gasteiger partial charge in [-0.3, -0.25) is 0 Å². The maximum absolute atomic E-state index is 12.4. The van der Waals surface area contributed by atoms with Gasteiger partial charge in [0.1, 0.15) is 11.2 Å². The molecule has 5 nitrogen and oxygen atoms in total. The molecule has 0 rings (SSSR count). The number of hydrogen-bond acceptors (Lipinski definition) is 4. The molecule has 0 fully saturated rings. The average molecular weight is 309 g/mol. The van der Waals surface area contributed by atoms with Crippen LogP contribution in [0.25, 0.3) is 0 Å². The standard InChI is InChI=1S/C17H27NO4/c1-9-11-13(12-10-2)18(14(19)21-16(3,4)5)15(20)22-17(6,7)8/h9-12H,1H2,2-8H3/b12-10-,13-11+. The molecule has 5 heteroatoms. The van der Waals surface area contributed by atoms with Crippen LogP contribution in [0.2, 0.25) is 0 Å². The molecule has 22 heavy (non-hydrogen) atoms. The van der Waals surface area contributed by atoms with Gasteiger partial charge in [-0.05, 0) is 60.6 Å². The van der Waals surface area contributed by atoms with Crippen molar-refractivity contribution >= 4 is 12.2 Å². The van der Waals surface area contributed by atoms with E-state index in [-0.39, 0.29) is 0 Å². The van der Waals surface area contributed by atoms with Crippen molar-refractivity contribution in [3.8, 4) is 0 Å². The summed E-state index contributed by atoms with van der Waals surface area (Å²) in [6.45, 7) is 15.7. The highest BCUT2D eigenvalue weighted by Gasteiger charge is 2.32. The van der Waals surface area contributed by atoms with E-state index >= 15 is 0 Å². The highest BCUT2D eigenvalue weighted by Crippen LogP contribution is 2.19. The third-order valence-electron chi connectivity index (χ3n) is 2.04. The van der Waals surface area contributed by atoms with E-state index < -0.39 is 23.4 Å². The summed E-state index contributed by atoms with van der Waals surface area (Å²) in [5.74, 6) is 0. The van der Waals surface area contributed by atoms with E-state index in [1.807, 2.05) is 0 Å². The van der Waals surface area contributed by atoms with Crippen molar-refractivity contribution in [3.05, 3.63) is 36.6 Å². The minimum Gasteiger partial charge on any atom is -0.443 e. The number of hydrogen-bond donors (Lipinski definition) is 0. The third kappa shape index (κ3) is 7.67. The summed E-state index contributed by atoms with van der Waals surface area (Å²) in [4.78, 5) is 25.6. The molecule has 124 valence electrons. The van der Waals surface area contributed by atoms with Crippen molar-refractivity contribution in [3.63, 3.8) is 0 Å². The number of allylic oxidation sites excluding steroid dienone is 4. The topological polar surface area (TPSA) is 55.8 Å². The van der Waals surface area contributed by atoms with Gasteiger partial charge in [0.2, 0.25) is 0 Å². The summed E-state index contributed by atoms with van der Waals surface area (Å²) in [7, 11) is 0. The normalized spacial score (nSPS) is 13.0. The number of amides is 2. The third-order valence-corrected chi connectivity index (χ3v) is 2.04. The molecule has 0 bridgehead atoms. The highest BCUT2D eigenvalue weighted by molar-refractivity contribution is 5.91. The zero-order valence-corrected chi connectivity index (χ0v) is 14.6. The highest BCUT2D eigenvalue weighted by atomic mass is 16.6. The van der Waals surface area contributed by atoms with Gasteiger partial charge in [0.25, 0.3) is 0 Å². The van der Waals surface area contributed by atoms with E-state index in [9.17, 15) is 9.59 Å². The first kappa shape index (κ1) is 20.0. The minimum atomic E-state index is -0.798. The number of carbonyl (C=O) groups is 2. The van der Waals surface area contributed by atoms with E-state index in [1.54, 1.807) is 60.6 Å². The molecule has 0 aliphatic heterocycles. The number of ether oxygens (including phenoxy) is 2. The van der Waals surface area contributed by atoms with E-state index in [2.05, 4.69) is 6.58 Å². The minimum absolute atomic E-state index is 0.320. The first-order valence-electron chi connectivity index (χ1n) is 7.13. The lowest BCUT2D eigenvalue weighted by Crippen LogP contribution is -2.42. The lowest BCUT2D eigenvalue weighted by Gasteiger charge is -2.29. The van der Waals surface area contributed by atoms with E-state index in [0.29, 0.717) is 5.70 Å². The van der Waals surface area contributed by atoms with Crippen LogP contribution < -0.4 is 0 Å². The lowest BCUT2D eigenvalue weighted by atomic mass is 10.2. The van der Waals surface area contributed by atoms with Crippen LogP contribution in [-0.4, -0.2) is 28.3 Å². The maximum atomic E-state index is 12.4. The van der Waals surface area contributed by atoms with Crippen LogP contribution >= 0.6 is 0 Å². The van der Waals surface area contributed by atoms with Crippen molar-refractivity contribution in [1.82, 2.24) is 4.90 Å². The van der Waals surface area contributed by atoms with Gasteiger partial charge in [-0.15, -0.1) is 0 Å². The zero-order valence-electron chi connectivity index (χ0n) is 14.6. The van der Waals surface area contributed by atoms with Crippen LogP contribution in [0, 0.1) is 0 Å². The number of nitrogens with zero attached hydrogens (tertiary/aromatic N) is 1. The van der Waals surface area contributed by atoms with Gasteiger partial charge in [-0.25, -0.2) is 9.59 Å². The Labute approximate surface area is 133 Å². The van der Waals surface area contributed by atoms with Gasteiger partial charge in [-0.2, -0.15) is 4.90 Å². The number of imide groups is 1. The van der Waals surface area contributed by atoms with Crippen LogP contribution in [0.15, 0.2) is 36.6 Å². The van der Waals surface area contributed by atoms with Crippen LogP contribution in [-0.2, 0) is 9.47 Å². The molecule has 2 amide bonds. The fraction of sp³-hybridized carbons (Fsp3) is 0.529. The Balaban J connectivity index is 5.66. The quantitative estimate of drug-likeness (QED) is 0.702. The predicted molar refractivity (Wildman–Crippen MR) is 87.4 cm³/mol. The molecule has 0 aliphatic rings. The van der Waals surface area contributed by atoms with Gasteiger partial charge >= 0.3 is 12.2 Å². The second kappa shape index (κ2) is 7.82. The first-order valence-corrected chi connectivity index (χ1v) is 7.13. The van der Waals surface area contributed by atoms with Crippen LogP contribution in [0.3, 0.4) is 0 Å². The van der Waals surface area contributed by atoms with Gasteiger partial charge in [0, 0.05) is 0 Å². The van der Waals surface area contributed by atoms with Crippen LogP contribution in [0.1, 0.15) is 48.5 Å². The molecule has 0 saturated heterocycles. The van der Waals surface area contributed by atoms with Crippen molar-refractivity contribution in [2.45, 2.75) is 59.7 Å². The van der Waals surface area contributed by atoms with Crippen molar-refractivity contribution in [2.24, 2.45) is 0 Å². The Kier molecular flexibility index (Phi) is 7.10. The molecular formula is C17H27NO4. The monoisotopic (exact) mass is 309 g/mol. The summed E-state index contributed by atoms with van der Waals surface area (Å²) in [6, 6.07) is 0. The molecule has 0 heterocycles. The summed E-state index contributed by atoms with van der Waals surface area (Å²) in [6.07, 6.45) is 4.73. The van der Waals surface area contributed by atoms with Gasteiger partial charge < -0.3 is 9.47 Å². The molecule has 0 aromatic rings. The maximum Gasteiger partial charge on any atom is 0.424 e. The van der Waals surface area contributed by atoms with Crippen molar-refractivity contribution in [1.29, 1.82) is 0 Å². The molecule has 0 aliphatic carbocycles. The Hall–Kier alpha value is -2.04. The Morgan fingerprint density at radius 3 is 1.64 bits per heavy atom. The Morgan fingerprint density at radius 2 is 1.36 bits per heavy atom. The summed E-state index contributed by atoms with van der Waals surface area (Å²) < 4.78 is 10.6. The predicted octanol–water partition coefficient (Wildman–Crippen LogP) is 4.80. The summed E-state index contributed by atoms with van der Waals surface area (Å²) in [5, 5.41) is 0. The Morgan fingerprint density at radius 1 is 0.955 bits per heavy atom. The molecule has 0 radical (unpaired) electrons. The zero-order chi connectivity index (χ0) is 17.6. The van der Waals surface area contributed by atoms with E-state index in [4.69, 9.17) is 9.47 Å². The van der Waals surface area contributed by atoms with Crippen LogP contribution in [0.5, 0.6) is 0 Å². The molecule has 0 atom stereocenters. The molecular weight excluding hydrogens is 282 g/mol. The largest absolute Gasteiger partial charge is 0.443 e. The molecule has 0 aromatic carbocycles. The van der Waals surface area contributed by atoms with Crippen LogP contribution in [0.4, 0.5) is 9.59 Å². The van der Waals surface area contributed by atoms with Crippen molar-refractivity contribution in [2.75, 3.05) is 0 Å². The molecule has 0 saturated carbocycles. The molecule has 0 spiro atoms. The SMILES string of the molecule is C=C/C=C(\C=C/C)N(C(=O)OC(C)(C)C)C(=O)OC(C)(C)C. The average Bonchev–Trinajstić information content (AvgIpc) is 2.24. The van der Waals surface area contributed by atoms with E-state index in [0.717, 1.165) is 4.90 Å². The second-order valence-electron chi connectivity index (χ2n) is 6.62. The van der Waals surface area contributed by atoms with Crippen molar-refractivity contribution < 1.29 is 19.1 Å². The fourth-order valence-electron chi connectivity index (χ4n) is 1.40. The molecule has 0 N–H and O–H groups in total. The lowest BCUT2D eigenvalue weighted by molar-refractivity contribution is 0.00903. The molecule has 0 aromatic heterocycles.